The first-order valence-electron chi connectivity index (χ1n) is 7.43. The lowest BCUT2D eigenvalue weighted by Gasteiger charge is -2.09. The average Bonchev–Trinajstić information content (AvgIpc) is 2.60. The molecule has 0 saturated heterocycles. The van der Waals surface area contributed by atoms with Gasteiger partial charge in [-0.15, -0.1) is 0 Å². The average molecular weight is 372 g/mol. The summed E-state index contributed by atoms with van der Waals surface area (Å²) in [5.74, 6) is 0. The van der Waals surface area contributed by atoms with Crippen LogP contribution in [0.3, 0.4) is 0 Å². The van der Waals surface area contributed by atoms with Gasteiger partial charge in [-0.05, 0) is 58.3 Å². The van der Waals surface area contributed by atoms with E-state index in [9.17, 15) is 13.2 Å². The minimum absolute atomic E-state index is 0.102. The fraction of sp³-hybridized carbons (Fsp3) is 0. The summed E-state index contributed by atoms with van der Waals surface area (Å²) in [5.41, 5.74) is 1.05. The second-order valence-electron chi connectivity index (χ2n) is 5.38. The molecule has 25 heavy (non-hydrogen) atoms. The number of hydrogen-bond donors (Lipinski definition) is 1. The van der Waals surface area contributed by atoms with Crippen molar-refractivity contribution < 1.29 is 13.2 Å². The predicted molar refractivity (Wildman–Crippen MR) is 101 cm³/mol. The number of carbonyl (C=O) groups excluding carboxylic acids is 1. The molecule has 4 nitrogen and oxygen atoms in total. The van der Waals surface area contributed by atoms with Gasteiger partial charge in [0.25, 0.3) is 10.0 Å². The van der Waals surface area contributed by atoms with E-state index in [2.05, 4.69) is 4.72 Å². The van der Waals surface area contributed by atoms with E-state index < -0.39 is 15.3 Å². The highest BCUT2D eigenvalue weighted by Crippen LogP contribution is 2.22. The van der Waals surface area contributed by atoms with Crippen LogP contribution in [0.2, 0.25) is 0 Å². The largest absolute Gasteiger partial charge is 0.280 e. The third-order valence-corrected chi connectivity index (χ3v) is 5.08. The Morgan fingerprint density at radius 2 is 1.68 bits per heavy atom. The molecule has 3 rings (SSSR count). The van der Waals surface area contributed by atoms with Crippen LogP contribution in [0.15, 0.2) is 77.7 Å². The molecule has 0 aliphatic heterocycles. The van der Waals surface area contributed by atoms with Gasteiger partial charge in [0.2, 0.25) is 5.24 Å². The molecule has 1 N–H and O–H groups in total. The molecule has 0 aromatic heterocycles. The highest BCUT2D eigenvalue weighted by atomic mass is 35.5. The van der Waals surface area contributed by atoms with E-state index in [1.807, 2.05) is 30.3 Å². The molecule has 0 saturated carbocycles. The Labute approximate surface area is 150 Å². The monoisotopic (exact) mass is 371 g/mol. The second kappa shape index (κ2) is 7.09. The second-order valence-corrected chi connectivity index (χ2v) is 7.43. The topological polar surface area (TPSA) is 63.2 Å². The molecule has 0 aliphatic carbocycles. The normalized spacial score (nSPS) is 11.7. The van der Waals surface area contributed by atoms with E-state index in [1.54, 1.807) is 24.3 Å². The molecule has 0 spiro atoms. The Bertz CT molecular complexity index is 1070. The summed E-state index contributed by atoms with van der Waals surface area (Å²) >= 11 is 5.26. The van der Waals surface area contributed by atoms with Gasteiger partial charge in [0.1, 0.15) is 0 Å². The molecule has 3 aromatic carbocycles. The quantitative estimate of drug-likeness (QED) is 0.533. The summed E-state index contributed by atoms with van der Waals surface area (Å²) in [7, 11) is -3.74. The van der Waals surface area contributed by atoms with Crippen molar-refractivity contribution in [1.82, 2.24) is 0 Å². The third-order valence-electron chi connectivity index (χ3n) is 3.58. The molecule has 0 heterocycles. The lowest BCUT2D eigenvalue weighted by Crippen LogP contribution is -2.13. The Morgan fingerprint density at radius 1 is 0.920 bits per heavy atom. The van der Waals surface area contributed by atoms with Crippen molar-refractivity contribution in [3.63, 3.8) is 0 Å². The van der Waals surface area contributed by atoms with Gasteiger partial charge < -0.3 is 0 Å². The van der Waals surface area contributed by atoms with Crippen LogP contribution in [0.25, 0.3) is 16.8 Å². The minimum Gasteiger partial charge on any atom is -0.280 e. The van der Waals surface area contributed by atoms with Crippen LogP contribution >= 0.6 is 11.6 Å². The van der Waals surface area contributed by atoms with E-state index in [0.717, 1.165) is 10.8 Å². The molecule has 3 aromatic rings. The van der Waals surface area contributed by atoms with E-state index in [0.29, 0.717) is 11.3 Å². The summed E-state index contributed by atoms with van der Waals surface area (Å²) in [6, 6.07) is 19.3. The highest BCUT2D eigenvalue weighted by molar-refractivity contribution is 7.92. The predicted octanol–water partition coefficient (Wildman–Crippen LogP) is 4.42. The molecule has 0 aliphatic rings. The molecule has 0 amide bonds. The maximum absolute atomic E-state index is 12.6. The van der Waals surface area contributed by atoms with Gasteiger partial charge >= 0.3 is 0 Å². The first kappa shape index (κ1) is 17.2. The van der Waals surface area contributed by atoms with Crippen LogP contribution in [0.5, 0.6) is 0 Å². The number of allylic oxidation sites excluding steroid dienone is 1. The number of rotatable bonds is 5. The van der Waals surface area contributed by atoms with Crippen LogP contribution in [-0.2, 0) is 14.8 Å². The van der Waals surface area contributed by atoms with E-state index >= 15 is 0 Å². The molecule has 0 fully saturated rings. The number of nitrogens with one attached hydrogen (secondary N) is 1. The van der Waals surface area contributed by atoms with E-state index in [-0.39, 0.29) is 4.90 Å². The fourth-order valence-corrected chi connectivity index (χ4v) is 3.58. The van der Waals surface area contributed by atoms with Gasteiger partial charge in [-0.25, -0.2) is 8.42 Å². The van der Waals surface area contributed by atoms with Crippen LogP contribution in [0.4, 0.5) is 5.69 Å². The lowest BCUT2D eigenvalue weighted by molar-refractivity contribution is -0.107. The van der Waals surface area contributed by atoms with Gasteiger partial charge in [-0.2, -0.15) is 0 Å². The van der Waals surface area contributed by atoms with Crippen LogP contribution < -0.4 is 4.72 Å². The summed E-state index contributed by atoms with van der Waals surface area (Å²) in [5, 5.41) is 1.35. The van der Waals surface area contributed by atoms with Crippen molar-refractivity contribution in [2.75, 3.05) is 4.72 Å². The van der Waals surface area contributed by atoms with Crippen molar-refractivity contribution in [1.29, 1.82) is 0 Å². The zero-order chi connectivity index (χ0) is 17.9. The molecule has 6 heteroatoms. The SMILES string of the molecule is O=C(Cl)C=Cc1cccc(S(=O)(=O)Nc2ccc3ccccc3c2)c1. The summed E-state index contributed by atoms with van der Waals surface area (Å²) < 4.78 is 27.8. The Kier molecular flexibility index (Phi) is 4.88. The van der Waals surface area contributed by atoms with Gasteiger partial charge in [0.15, 0.2) is 0 Å². The summed E-state index contributed by atoms with van der Waals surface area (Å²) in [6.45, 7) is 0. The molecule has 0 radical (unpaired) electrons. The zero-order valence-electron chi connectivity index (χ0n) is 13.0. The Balaban J connectivity index is 1.90. The molecule has 0 bridgehead atoms. The van der Waals surface area contributed by atoms with Crippen LogP contribution in [0.1, 0.15) is 5.56 Å². The standard InChI is InChI=1S/C19H14ClNO3S/c20-19(22)11-8-14-4-3-7-18(12-14)25(23,24)21-17-10-9-15-5-1-2-6-16(15)13-17/h1-13,21H. The van der Waals surface area contributed by atoms with Gasteiger partial charge in [0, 0.05) is 5.69 Å². The number of carbonyl (C=O) groups is 1. The smallest absolute Gasteiger partial charge is 0.261 e. The molecule has 0 atom stereocenters. The number of anilines is 1. The summed E-state index contributed by atoms with van der Waals surface area (Å²) in [4.78, 5) is 10.9. The van der Waals surface area contributed by atoms with Gasteiger partial charge in [0.05, 0.1) is 4.90 Å². The Morgan fingerprint density at radius 3 is 2.44 bits per heavy atom. The van der Waals surface area contributed by atoms with Crippen molar-refractivity contribution >= 4 is 49.4 Å². The number of fused-ring (bicyclic) bond motifs is 1. The van der Waals surface area contributed by atoms with Crippen molar-refractivity contribution in [3.05, 3.63) is 78.4 Å². The van der Waals surface area contributed by atoms with E-state index in [4.69, 9.17) is 11.6 Å². The third kappa shape index (κ3) is 4.26. The first-order chi connectivity index (χ1) is 11.9. The van der Waals surface area contributed by atoms with Crippen molar-refractivity contribution in [3.8, 4) is 0 Å². The van der Waals surface area contributed by atoms with Crippen molar-refractivity contribution in [2.45, 2.75) is 4.90 Å². The molecule has 0 unspecified atom stereocenters. The number of halogens is 1. The van der Waals surface area contributed by atoms with Crippen molar-refractivity contribution in [2.24, 2.45) is 0 Å². The zero-order valence-corrected chi connectivity index (χ0v) is 14.6. The van der Waals surface area contributed by atoms with E-state index in [1.165, 1.54) is 24.3 Å². The van der Waals surface area contributed by atoms with Crippen LogP contribution in [0, 0.1) is 0 Å². The molecular formula is C19H14ClNO3S. The highest BCUT2D eigenvalue weighted by Gasteiger charge is 2.14. The number of hydrogen-bond acceptors (Lipinski definition) is 3. The maximum atomic E-state index is 12.6. The summed E-state index contributed by atoms with van der Waals surface area (Å²) in [6.07, 6.45) is 2.63. The maximum Gasteiger partial charge on any atom is 0.261 e. The molecule has 126 valence electrons. The van der Waals surface area contributed by atoms with Gasteiger partial charge in [-0.1, -0.05) is 48.5 Å². The first-order valence-corrected chi connectivity index (χ1v) is 9.29. The Hall–Kier alpha value is -2.63. The number of sulfonamides is 1. The van der Waals surface area contributed by atoms with Crippen LogP contribution in [-0.4, -0.2) is 13.7 Å². The minimum atomic E-state index is -3.74. The molecular weight excluding hydrogens is 358 g/mol. The number of benzene rings is 3. The lowest BCUT2D eigenvalue weighted by atomic mass is 10.1. The van der Waals surface area contributed by atoms with Gasteiger partial charge in [-0.3, -0.25) is 9.52 Å². The fourth-order valence-electron chi connectivity index (χ4n) is 2.41.